The lowest BCUT2D eigenvalue weighted by molar-refractivity contribution is 0.0344. The molecule has 132 valence electrons. The summed E-state index contributed by atoms with van der Waals surface area (Å²) < 4.78 is 5.46. The minimum Gasteiger partial charge on any atom is -0.379 e. The number of nitrogens with one attached hydrogen (secondary N) is 2. The average Bonchev–Trinajstić information content (AvgIpc) is 2.65. The van der Waals surface area contributed by atoms with Crippen LogP contribution in [-0.2, 0) is 4.74 Å². The highest BCUT2D eigenvalue weighted by Crippen LogP contribution is 2.17. The van der Waals surface area contributed by atoms with Crippen LogP contribution in [-0.4, -0.2) is 42.9 Å². The summed E-state index contributed by atoms with van der Waals surface area (Å²) in [6.45, 7) is 6.50. The molecule has 0 radical (unpaired) electrons. The van der Waals surface area contributed by atoms with E-state index in [1.807, 2.05) is 24.3 Å². The molecule has 2 aromatic carbocycles. The van der Waals surface area contributed by atoms with E-state index in [0.29, 0.717) is 5.11 Å². The lowest BCUT2D eigenvalue weighted by atomic mass is 10.1. The van der Waals surface area contributed by atoms with E-state index in [-0.39, 0.29) is 6.04 Å². The summed E-state index contributed by atoms with van der Waals surface area (Å²) in [5.41, 5.74) is 3.46. The van der Waals surface area contributed by atoms with Crippen LogP contribution in [0.25, 0.3) is 0 Å². The third-order valence-electron chi connectivity index (χ3n) is 4.45. The molecule has 1 aliphatic rings. The normalized spacial score (nSPS) is 16.2. The molecule has 2 N–H and O–H groups in total. The van der Waals surface area contributed by atoms with Crippen molar-refractivity contribution >= 4 is 23.0 Å². The van der Waals surface area contributed by atoms with E-state index in [4.69, 9.17) is 17.0 Å². The number of para-hydroxylation sites is 1. The monoisotopic (exact) mass is 355 g/mol. The molecule has 5 heteroatoms. The largest absolute Gasteiger partial charge is 0.379 e. The van der Waals surface area contributed by atoms with Crippen molar-refractivity contribution in [2.75, 3.05) is 38.2 Å². The van der Waals surface area contributed by atoms with Gasteiger partial charge in [-0.15, -0.1) is 0 Å². The van der Waals surface area contributed by atoms with Gasteiger partial charge in [-0.3, -0.25) is 4.90 Å². The second-order valence-electron chi connectivity index (χ2n) is 6.29. The summed E-state index contributed by atoms with van der Waals surface area (Å²) in [6, 6.07) is 18.8. The average molecular weight is 356 g/mol. The molecule has 0 aromatic heterocycles. The van der Waals surface area contributed by atoms with Crippen LogP contribution < -0.4 is 10.6 Å². The van der Waals surface area contributed by atoms with Crippen molar-refractivity contribution in [3.63, 3.8) is 0 Å². The number of morpholine rings is 1. The van der Waals surface area contributed by atoms with Crippen LogP contribution in [0, 0.1) is 6.92 Å². The smallest absolute Gasteiger partial charge is 0.171 e. The van der Waals surface area contributed by atoms with Crippen LogP contribution in [0.15, 0.2) is 54.6 Å². The number of benzene rings is 2. The Bertz CT molecular complexity index is 686. The van der Waals surface area contributed by atoms with E-state index in [9.17, 15) is 0 Å². The number of thiocarbonyl (C=S) groups is 1. The molecule has 3 rings (SSSR count). The number of nitrogens with zero attached hydrogens (tertiary/aromatic N) is 1. The number of ether oxygens (including phenoxy) is 1. The Morgan fingerprint density at radius 1 is 1.08 bits per heavy atom. The standard InChI is InChI=1S/C20H25N3OS/c1-16-7-5-6-10-18(16)21-20(25)22-19(17-8-3-2-4-9-17)15-23-11-13-24-14-12-23/h2-10,19H,11-15H2,1H3,(H2,21,22,25)/t19-/m0/s1. The number of anilines is 1. The van der Waals surface area contributed by atoms with Crippen LogP contribution in [0.2, 0.25) is 0 Å². The molecule has 1 heterocycles. The summed E-state index contributed by atoms with van der Waals surface area (Å²) in [5.74, 6) is 0. The van der Waals surface area contributed by atoms with Crippen molar-refractivity contribution in [1.29, 1.82) is 0 Å². The van der Waals surface area contributed by atoms with E-state index >= 15 is 0 Å². The molecule has 0 bridgehead atoms. The molecule has 25 heavy (non-hydrogen) atoms. The van der Waals surface area contributed by atoms with Gasteiger partial charge in [0.15, 0.2) is 5.11 Å². The SMILES string of the molecule is Cc1ccccc1NC(=S)N[C@@H](CN1CCOCC1)c1ccccc1. The zero-order valence-corrected chi connectivity index (χ0v) is 15.4. The maximum Gasteiger partial charge on any atom is 0.171 e. The maximum atomic E-state index is 5.57. The second-order valence-corrected chi connectivity index (χ2v) is 6.70. The van der Waals surface area contributed by atoms with Gasteiger partial charge in [-0.1, -0.05) is 48.5 Å². The lowest BCUT2D eigenvalue weighted by Gasteiger charge is -2.31. The molecule has 1 aliphatic heterocycles. The number of rotatable bonds is 5. The third kappa shape index (κ3) is 5.26. The maximum absolute atomic E-state index is 5.57. The fraction of sp³-hybridized carbons (Fsp3) is 0.350. The minimum absolute atomic E-state index is 0.142. The molecule has 0 saturated carbocycles. The van der Waals surface area contributed by atoms with Crippen molar-refractivity contribution < 1.29 is 4.74 Å². The molecular formula is C20H25N3OS. The Kier molecular flexibility index (Phi) is 6.39. The van der Waals surface area contributed by atoms with Crippen LogP contribution in [0.1, 0.15) is 17.2 Å². The quantitative estimate of drug-likeness (QED) is 0.805. The number of hydrogen-bond donors (Lipinski definition) is 2. The van der Waals surface area contributed by atoms with Gasteiger partial charge in [0, 0.05) is 25.3 Å². The van der Waals surface area contributed by atoms with E-state index < -0.39 is 0 Å². The van der Waals surface area contributed by atoms with Crippen LogP contribution >= 0.6 is 12.2 Å². The minimum atomic E-state index is 0.142. The molecule has 0 spiro atoms. The molecule has 1 fully saturated rings. The van der Waals surface area contributed by atoms with E-state index in [1.54, 1.807) is 0 Å². The van der Waals surface area contributed by atoms with Crippen molar-refractivity contribution in [3.8, 4) is 0 Å². The summed E-state index contributed by atoms with van der Waals surface area (Å²) in [4.78, 5) is 2.42. The zero-order chi connectivity index (χ0) is 17.5. The Labute approximate surface area is 155 Å². The molecule has 2 aromatic rings. The lowest BCUT2D eigenvalue weighted by Crippen LogP contribution is -2.44. The van der Waals surface area contributed by atoms with Crippen molar-refractivity contribution in [2.45, 2.75) is 13.0 Å². The summed E-state index contributed by atoms with van der Waals surface area (Å²) in [7, 11) is 0. The fourth-order valence-electron chi connectivity index (χ4n) is 2.99. The second kappa shape index (κ2) is 8.94. The van der Waals surface area contributed by atoms with E-state index in [2.05, 4.69) is 52.8 Å². The van der Waals surface area contributed by atoms with Gasteiger partial charge < -0.3 is 15.4 Å². The van der Waals surface area contributed by atoms with Gasteiger partial charge in [-0.05, 0) is 36.3 Å². The van der Waals surface area contributed by atoms with Gasteiger partial charge in [-0.25, -0.2) is 0 Å². The Morgan fingerprint density at radius 2 is 1.76 bits per heavy atom. The van der Waals surface area contributed by atoms with Gasteiger partial charge in [-0.2, -0.15) is 0 Å². The zero-order valence-electron chi connectivity index (χ0n) is 14.6. The Hall–Kier alpha value is -1.95. The first-order chi connectivity index (χ1) is 12.2. The van der Waals surface area contributed by atoms with Crippen LogP contribution in [0.5, 0.6) is 0 Å². The Balaban J connectivity index is 1.68. The van der Waals surface area contributed by atoms with Crippen molar-refractivity contribution in [1.82, 2.24) is 10.2 Å². The first-order valence-electron chi connectivity index (χ1n) is 8.70. The van der Waals surface area contributed by atoms with Crippen LogP contribution in [0.4, 0.5) is 5.69 Å². The first-order valence-corrected chi connectivity index (χ1v) is 9.11. The van der Waals surface area contributed by atoms with Gasteiger partial charge in [0.25, 0.3) is 0 Å². The number of hydrogen-bond acceptors (Lipinski definition) is 3. The van der Waals surface area contributed by atoms with Gasteiger partial charge in [0.1, 0.15) is 0 Å². The van der Waals surface area contributed by atoms with Crippen molar-refractivity contribution in [2.24, 2.45) is 0 Å². The molecule has 0 aliphatic carbocycles. The van der Waals surface area contributed by atoms with Gasteiger partial charge in [0.2, 0.25) is 0 Å². The molecule has 1 atom stereocenters. The molecule has 0 unspecified atom stereocenters. The molecule has 0 amide bonds. The summed E-state index contributed by atoms with van der Waals surface area (Å²) >= 11 is 5.57. The fourth-order valence-corrected chi connectivity index (χ4v) is 3.24. The summed E-state index contributed by atoms with van der Waals surface area (Å²) in [6.07, 6.45) is 0. The Morgan fingerprint density at radius 3 is 2.48 bits per heavy atom. The third-order valence-corrected chi connectivity index (χ3v) is 4.66. The highest BCUT2D eigenvalue weighted by Gasteiger charge is 2.19. The predicted octanol–water partition coefficient (Wildman–Crippen LogP) is 3.35. The number of aryl methyl sites for hydroxylation is 1. The molecular weight excluding hydrogens is 330 g/mol. The van der Waals surface area contributed by atoms with Gasteiger partial charge >= 0.3 is 0 Å². The highest BCUT2D eigenvalue weighted by molar-refractivity contribution is 7.80. The molecule has 4 nitrogen and oxygen atoms in total. The first kappa shape index (κ1) is 17.9. The van der Waals surface area contributed by atoms with Crippen LogP contribution in [0.3, 0.4) is 0 Å². The molecule has 1 saturated heterocycles. The van der Waals surface area contributed by atoms with E-state index in [0.717, 1.165) is 38.5 Å². The van der Waals surface area contributed by atoms with E-state index in [1.165, 1.54) is 11.1 Å². The summed E-state index contributed by atoms with van der Waals surface area (Å²) in [5, 5.41) is 7.47. The predicted molar refractivity (Wildman–Crippen MR) is 107 cm³/mol. The topological polar surface area (TPSA) is 36.5 Å². The van der Waals surface area contributed by atoms with Gasteiger partial charge in [0.05, 0.1) is 19.3 Å². The van der Waals surface area contributed by atoms with Crippen molar-refractivity contribution in [3.05, 3.63) is 65.7 Å². The highest BCUT2D eigenvalue weighted by atomic mass is 32.1.